The van der Waals surface area contributed by atoms with Gasteiger partial charge in [-0.05, 0) is 50.1 Å². The highest BCUT2D eigenvalue weighted by Crippen LogP contribution is 2.23. The van der Waals surface area contributed by atoms with E-state index in [1.165, 1.54) is 6.08 Å². The van der Waals surface area contributed by atoms with Crippen LogP contribution >= 0.6 is 0 Å². The maximum Gasteiger partial charge on any atom is 0.412 e. The van der Waals surface area contributed by atoms with Crippen LogP contribution in [0.5, 0.6) is 0 Å². The molecule has 0 saturated heterocycles. The zero-order valence-electron chi connectivity index (χ0n) is 22.6. The molecule has 9 heteroatoms. The molecule has 40 heavy (non-hydrogen) atoms. The number of benzene rings is 2. The number of nitrogens with one attached hydrogen (secondary N) is 1. The number of nitrogens with zero attached hydrogens (tertiary/aromatic N) is 2. The molecule has 0 spiro atoms. The lowest BCUT2D eigenvalue weighted by molar-refractivity contribution is -0.155. The summed E-state index contributed by atoms with van der Waals surface area (Å²) in [7, 11) is 0. The minimum Gasteiger partial charge on any atom is -0.459 e. The van der Waals surface area contributed by atoms with Crippen molar-refractivity contribution in [3.05, 3.63) is 108 Å². The molecule has 9 nitrogen and oxygen atoms in total. The molecule has 0 aliphatic heterocycles. The van der Waals surface area contributed by atoms with Gasteiger partial charge in [-0.1, -0.05) is 60.7 Å². The molecule has 4 rings (SSSR count). The zero-order chi connectivity index (χ0) is 28.5. The highest BCUT2D eigenvalue weighted by Gasteiger charge is 2.21. The van der Waals surface area contributed by atoms with Crippen LogP contribution in [0.15, 0.2) is 90.9 Å². The third kappa shape index (κ3) is 8.04. The number of hydrogen-bond donors (Lipinski definition) is 1. The molecule has 0 aliphatic rings. The third-order valence-corrected chi connectivity index (χ3v) is 5.57. The van der Waals surface area contributed by atoms with Crippen molar-refractivity contribution in [3.8, 4) is 0 Å². The van der Waals surface area contributed by atoms with Gasteiger partial charge in [0.05, 0.1) is 0 Å². The smallest absolute Gasteiger partial charge is 0.412 e. The molecule has 0 unspecified atom stereocenters. The first-order valence-electron chi connectivity index (χ1n) is 12.7. The largest absolute Gasteiger partial charge is 0.459 e. The van der Waals surface area contributed by atoms with Gasteiger partial charge >= 0.3 is 18.0 Å². The molecule has 0 fully saturated rings. The Hall–Kier alpha value is -4.92. The van der Waals surface area contributed by atoms with Crippen molar-refractivity contribution in [2.24, 2.45) is 0 Å². The molecule has 0 bridgehead atoms. The molecule has 2 aromatic carbocycles. The molecular weight excluding hydrogens is 510 g/mol. The number of carbonyl (C=O) groups excluding carboxylic acids is 3. The van der Waals surface area contributed by atoms with Crippen molar-refractivity contribution in [2.45, 2.75) is 46.1 Å². The van der Waals surface area contributed by atoms with Crippen molar-refractivity contribution in [2.75, 3.05) is 0 Å². The molecular formula is C31H31N3O6. The summed E-state index contributed by atoms with van der Waals surface area (Å²) < 4.78 is 17.9. The van der Waals surface area contributed by atoms with E-state index in [-0.39, 0.29) is 25.5 Å². The lowest BCUT2D eigenvalue weighted by Crippen LogP contribution is -2.29. The zero-order valence-corrected chi connectivity index (χ0v) is 22.6. The Morgan fingerprint density at radius 3 is 2.12 bits per heavy atom. The minimum atomic E-state index is -0.817. The first-order valence-corrected chi connectivity index (χ1v) is 12.7. The van der Waals surface area contributed by atoms with Crippen LogP contribution in [0.4, 0.5) is 4.79 Å². The number of amides is 1. The third-order valence-electron chi connectivity index (χ3n) is 5.57. The minimum absolute atomic E-state index is 0.0136. The van der Waals surface area contributed by atoms with Crippen molar-refractivity contribution in [3.63, 3.8) is 0 Å². The van der Waals surface area contributed by atoms with Crippen molar-refractivity contribution >= 4 is 35.1 Å². The lowest BCUT2D eigenvalue weighted by atomic mass is 10.2. The van der Waals surface area contributed by atoms with Gasteiger partial charge in [0.15, 0.2) is 0 Å². The van der Waals surface area contributed by atoms with Gasteiger partial charge in [0.1, 0.15) is 36.7 Å². The van der Waals surface area contributed by atoms with E-state index in [9.17, 15) is 14.4 Å². The van der Waals surface area contributed by atoms with Gasteiger partial charge in [0, 0.05) is 23.3 Å². The summed E-state index contributed by atoms with van der Waals surface area (Å²) in [6, 6.07) is 21.9. The van der Waals surface area contributed by atoms with Gasteiger partial charge < -0.3 is 18.8 Å². The topological polar surface area (TPSA) is 109 Å². The Morgan fingerprint density at radius 2 is 1.50 bits per heavy atom. The maximum absolute atomic E-state index is 13.2. The maximum atomic E-state index is 13.2. The van der Waals surface area contributed by atoms with E-state index >= 15 is 0 Å². The second kappa shape index (κ2) is 12.8. The Bertz CT molecular complexity index is 1500. The number of esters is 2. The van der Waals surface area contributed by atoms with E-state index in [0.717, 1.165) is 11.1 Å². The second-order valence-corrected chi connectivity index (χ2v) is 9.98. The number of carbonyl (C=O) groups is 3. The van der Waals surface area contributed by atoms with Crippen LogP contribution in [0.2, 0.25) is 0 Å². The first kappa shape index (κ1) is 28.1. The normalized spacial score (nSPS) is 11.6. The van der Waals surface area contributed by atoms with Crippen molar-refractivity contribution in [1.82, 2.24) is 14.9 Å². The first-order chi connectivity index (χ1) is 19.2. The highest BCUT2D eigenvalue weighted by atomic mass is 16.6. The molecule has 0 aliphatic carbocycles. The van der Waals surface area contributed by atoms with Gasteiger partial charge in [-0.15, -0.1) is 0 Å². The predicted octanol–water partition coefficient (Wildman–Crippen LogP) is 5.39. The average Bonchev–Trinajstić information content (AvgIpc) is 3.27. The Kier molecular flexibility index (Phi) is 8.96. The molecule has 1 N–H and O–H groups in total. The number of aromatic nitrogens is 2. The summed E-state index contributed by atoms with van der Waals surface area (Å²) in [6.07, 6.45) is 3.94. The monoisotopic (exact) mass is 541 g/mol. The number of ether oxygens (including phenoxy) is 3. The van der Waals surface area contributed by atoms with E-state index in [1.807, 2.05) is 60.7 Å². The summed E-state index contributed by atoms with van der Waals surface area (Å²) in [5, 5.41) is 3.19. The van der Waals surface area contributed by atoms with Crippen LogP contribution in [0.1, 0.15) is 37.5 Å². The Balaban J connectivity index is 1.60. The van der Waals surface area contributed by atoms with E-state index in [1.54, 1.807) is 49.9 Å². The van der Waals surface area contributed by atoms with Crippen LogP contribution in [0.3, 0.4) is 0 Å². The van der Waals surface area contributed by atoms with Gasteiger partial charge in [-0.25, -0.2) is 14.6 Å². The summed E-state index contributed by atoms with van der Waals surface area (Å²) >= 11 is 0. The average molecular weight is 542 g/mol. The van der Waals surface area contributed by atoms with Crippen LogP contribution in [0, 0.1) is 0 Å². The second-order valence-electron chi connectivity index (χ2n) is 9.98. The molecule has 206 valence electrons. The van der Waals surface area contributed by atoms with Crippen LogP contribution in [-0.4, -0.2) is 33.2 Å². The molecule has 0 radical (unpaired) electrons. The van der Waals surface area contributed by atoms with Gasteiger partial charge in [-0.2, -0.15) is 0 Å². The summed E-state index contributed by atoms with van der Waals surface area (Å²) in [5.41, 5.74) is 1.88. The van der Waals surface area contributed by atoms with E-state index < -0.39 is 23.6 Å². The predicted molar refractivity (Wildman–Crippen MR) is 150 cm³/mol. The van der Waals surface area contributed by atoms with E-state index in [2.05, 4.69) is 10.3 Å². The molecule has 0 atom stereocenters. The van der Waals surface area contributed by atoms with Crippen molar-refractivity contribution in [1.29, 1.82) is 0 Å². The number of alkyl carbamates (subject to hydrolysis) is 1. The molecule has 1 amide bonds. The van der Waals surface area contributed by atoms with Crippen LogP contribution in [0.25, 0.3) is 17.1 Å². The quantitative estimate of drug-likeness (QED) is 0.172. The van der Waals surface area contributed by atoms with Gasteiger partial charge in [0.2, 0.25) is 0 Å². The fourth-order valence-corrected chi connectivity index (χ4v) is 3.87. The summed E-state index contributed by atoms with van der Waals surface area (Å²) in [4.78, 5) is 42.8. The number of rotatable bonds is 9. The van der Waals surface area contributed by atoms with Crippen LogP contribution < -0.4 is 5.32 Å². The summed E-state index contributed by atoms with van der Waals surface area (Å²) in [6.45, 7) is 5.33. The molecule has 2 aromatic heterocycles. The van der Waals surface area contributed by atoms with E-state index in [4.69, 9.17) is 14.2 Å². The van der Waals surface area contributed by atoms with Gasteiger partial charge in [-0.3, -0.25) is 10.1 Å². The van der Waals surface area contributed by atoms with Crippen molar-refractivity contribution < 1.29 is 28.6 Å². The standard InChI is InChI=1S/C31H31N3O6/c1-31(2,3)40-27(35)19-34-18-24(25-15-10-16-32-28(25)34)17-26(29(36)38-20-22-11-6-4-7-12-22)33-30(37)39-21-23-13-8-5-9-14-23/h4-18H,19-21H2,1-3H3,(H,33,37)/b26-17+. The van der Waals surface area contributed by atoms with E-state index in [0.29, 0.717) is 16.6 Å². The Labute approximate surface area is 232 Å². The lowest BCUT2D eigenvalue weighted by Gasteiger charge is -2.19. The highest BCUT2D eigenvalue weighted by molar-refractivity contribution is 5.99. The number of fused-ring (bicyclic) bond motifs is 1. The SMILES string of the molecule is CC(C)(C)OC(=O)Cn1cc(/C=C(/NC(=O)OCc2ccccc2)C(=O)OCc2ccccc2)c2cccnc21. The number of hydrogen-bond acceptors (Lipinski definition) is 7. The van der Waals surface area contributed by atoms with Gasteiger partial charge in [0.25, 0.3) is 0 Å². The molecule has 2 heterocycles. The molecule has 4 aromatic rings. The summed E-state index contributed by atoms with van der Waals surface area (Å²) in [5.74, 6) is -1.19. The number of pyridine rings is 1. The fourth-order valence-electron chi connectivity index (χ4n) is 3.87. The molecule has 0 saturated carbocycles. The fraction of sp³-hybridized carbons (Fsp3) is 0.226. The Morgan fingerprint density at radius 1 is 0.875 bits per heavy atom. The van der Waals surface area contributed by atoms with Crippen LogP contribution in [-0.2, 0) is 43.6 Å².